The number of nitrogens with one attached hydrogen (secondary N) is 1. The zero-order valence-corrected chi connectivity index (χ0v) is 11.9. The maximum absolute atomic E-state index is 12.9. The van der Waals surface area contributed by atoms with E-state index in [1.54, 1.807) is 11.1 Å². The number of rotatable bonds is 4. The lowest BCUT2D eigenvalue weighted by atomic mass is 9.74. The molecule has 0 atom stereocenters. The first-order valence-electron chi connectivity index (χ1n) is 7.09. The molecule has 1 aromatic heterocycles. The molecule has 0 radical (unpaired) electrons. The monoisotopic (exact) mass is 261 g/mol. The Morgan fingerprint density at radius 1 is 1.42 bits per heavy atom. The SMILES string of the molecule is CCCC1(C(=O)N(C)c2ccccn2)CCNCC1. The van der Waals surface area contributed by atoms with E-state index in [1.807, 2.05) is 25.2 Å². The van der Waals surface area contributed by atoms with Crippen molar-refractivity contribution in [1.82, 2.24) is 10.3 Å². The lowest BCUT2D eigenvalue weighted by molar-refractivity contribution is -0.130. The van der Waals surface area contributed by atoms with Gasteiger partial charge in [-0.05, 0) is 44.5 Å². The number of hydrogen-bond donors (Lipinski definition) is 1. The minimum Gasteiger partial charge on any atom is -0.317 e. The highest BCUT2D eigenvalue weighted by Crippen LogP contribution is 2.36. The van der Waals surface area contributed by atoms with Gasteiger partial charge < -0.3 is 5.32 Å². The van der Waals surface area contributed by atoms with Crippen LogP contribution < -0.4 is 10.2 Å². The largest absolute Gasteiger partial charge is 0.317 e. The molecule has 0 unspecified atom stereocenters. The van der Waals surface area contributed by atoms with Crippen molar-refractivity contribution in [3.05, 3.63) is 24.4 Å². The summed E-state index contributed by atoms with van der Waals surface area (Å²) in [6.07, 6.45) is 5.59. The van der Waals surface area contributed by atoms with Crippen molar-refractivity contribution in [2.24, 2.45) is 5.41 Å². The third-order valence-electron chi connectivity index (χ3n) is 4.04. The third-order valence-corrected chi connectivity index (χ3v) is 4.04. The quantitative estimate of drug-likeness (QED) is 0.904. The molecule has 19 heavy (non-hydrogen) atoms. The number of nitrogens with zero attached hydrogens (tertiary/aromatic N) is 2. The number of hydrogen-bond acceptors (Lipinski definition) is 3. The summed E-state index contributed by atoms with van der Waals surface area (Å²) < 4.78 is 0. The van der Waals surface area contributed by atoms with Gasteiger partial charge in [0.25, 0.3) is 0 Å². The fourth-order valence-corrected chi connectivity index (χ4v) is 2.97. The molecule has 1 fully saturated rings. The van der Waals surface area contributed by atoms with Gasteiger partial charge in [0.05, 0.1) is 5.41 Å². The minimum absolute atomic E-state index is 0.202. The lowest BCUT2D eigenvalue weighted by Gasteiger charge is -2.38. The molecule has 0 aromatic carbocycles. The van der Waals surface area contributed by atoms with E-state index in [-0.39, 0.29) is 11.3 Å². The highest BCUT2D eigenvalue weighted by Gasteiger charge is 2.40. The van der Waals surface area contributed by atoms with E-state index < -0.39 is 0 Å². The molecule has 4 nitrogen and oxygen atoms in total. The number of aromatic nitrogens is 1. The Hall–Kier alpha value is -1.42. The molecule has 1 saturated heterocycles. The maximum Gasteiger partial charge on any atom is 0.234 e. The molecule has 4 heteroatoms. The van der Waals surface area contributed by atoms with E-state index >= 15 is 0 Å². The summed E-state index contributed by atoms with van der Waals surface area (Å²) in [5, 5.41) is 3.35. The van der Waals surface area contributed by atoms with Gasteiger partial charge in [-0.3, -0.25) is 9.69 Å². The van der Waals surface area contributed by atoms with Crippen LogP contribution in [0.4, 0.5) is 5.82 Å². The van der Waals surface area contributed by atoms with Crippen molar-refractivity contribution in [2.75, 3.05) is 25.0 Å². The molecular weight excluding hydrogens is 238 g/mol. The summed E-state index contributed by atoms with van der Waals surface area (Å²) in [6.45, 7) is 4.02. The number of carbonyl (C=O) groups excluding carboxylic acids is 1. The van der Waals surface area contributed by atoms with Crippen LogP contribution in [-0.4, -0.2) is 31.0 Å². The maximum atomic E-state index is 12.9. The summed E-state index contributed by atoms with van der Waals surface area (Å²) >= 11 is 0. The fourth-order valence-electron chi connectivity index (χ4n) is 2.97. The van der Waals surface area contributed by atoms with Crippen LogP contribution in [0.2, 0.25) is 0 Å². The smallest absolute Gasteiger partial charge is 0.234 e. The first-order valence-corrected chi connectivity index (χ1v) is 7.09. The summed E-state index contributed by atoms with van der Waals surface area (Å²) in [4.78, 5) is 18.9. The van der Waals surface area contributed by atoms with Gasteiger partial charge in [0.15, 0.2) is 0 Å². The predicted molar refractivity (Wildman–Crippen MR) is 77.1 cm³/mol. The van der Waals surface area contributed by atoms with Crippen LogP contribution in [0, 0.1) is 5.41 Å². The molecule has 0 bridgehead atoms. The van der Waals surface area contributed by atoms with Crippen LogP contribution >= 0.6 is 0 Å². The van der Waals surface area contributed by atoms with E-state index in [1.165, 1.54) is 0 Å². The van der Waals surface area contributed by atoms with Gasteiger partial charge in [-0.2, -0.15) is 0 Å². The number of pyridine rings is 1. The first-order chi connectivity index (χ1) is 9.19. The van der Waals surface area contributed by atoms with Gasteiger partial charge in [0, 0.05) is 13.2 Å². The summed E-state index contributed by atoms with van der Waals surface area (Å²) in [7, 11) is 1.84. The Morgan fingerprint density at radius 3 is 2.74 bits per heavy atom. The zero-order chi connectivity index (χ0) is 13.7. The molecule has 0 saturated carbocycles. The van der Waals surface area contributed by atoms with Crippen LogP contribution in [0.3, 0.4) is 0 Å². The second-order valence-electron chi connectivity index (χ2n) is 5.33. The van der Waals surface area contributed by atoms with Gasteiger partial charge in [-0.1, -0.05) is 19.4 Å². The molecule has 0 spiro atoms. The van der Waals surface area contributed by atoms with Gasteiger partial charge in [0.1, 0.15) is 5.82 Å². The average Bonchev–Trinajstić information content (AvgIpc) is 2.48. The second-order valence-corrected chi connectivity index (χ2v) is 5.33. The molecule has 1 aromatic rings. The van der Waals surface area contributed by atoms with Gasteiger partial charge >= 0.3 is 0 Å². The fraction of sp³-hybridized carbons (Fsp3) is 0.600. The van der Waals surface area contributed by atoms with Gasteiger partial charge in [-0.15, -0.1) is 0 Å². The van der Waals surface area contributed by atoms with Crippen molar-refractivity contribution >= 4 is 11.7 Å². The Labute approximate surface area is 115 Å². The molecule has 1 aliphatic rings. The summed E-state index contributed by atoms with van der Waals surface area (Å²) in [6, 6.07) is 5.67. The third kappa shape index (κ3) is 2.95. The Morgan fingerprint density at radius 2 is 2.16 bits per heavy atom. The second kappa shape index (κ2) is 6.15. The number of amides is 1. The predicted octanol–water partition coefficient (Wildman–Crippen LogP) is 2.21. The van der Waals surface area contributed by atoms with E-state index in [4.69, 9.17) is 0 Å². The van der Waals surface area contributed by atoms with E-state index in [0.29, 0.717) is 0 Å². The highest BCUT2D eigenvalue weighted by molar-refractivity contribution is 5.96. The molecule has 2 heterocycles. The standard InChI is InChI=1S/C15H23N3O/c1-3-7-15(8-11-16-12-9-15)14(19)18(2)13-6-4-5-10-17-13/h4-6,10,16H,3,7-9,11-12H2,1-2H3. The topological polar surface area (TPSA) is 45.2 Å². The Balaban J connectivity index is 2.19. The van der Waals surface area contributed by atoms with Gasteiger partial charge in [-0.25, -0.2) is 4.98 Å². The van der Waals surface area contributed by atoms with Crippen LogP contribution in [0.1, 0.15) is 32.6 Å². The van der Waals surface area contributed by atoms with Crippen LogP contribution in [0.15, 0.2) is 24.4 Å². The van der Waals surface area contributed by atoms with Crippen molar-refractivity contribution in [2.45, 2.75) is 32.6 Å². The van der Waals surface area contributed by atoms with Crippen LogP contribution in [0.25, 0.3) is 0 Å². The number of carbonyl (C=O) groups is 1. The zero-order valence-electron chi connectivity index (χ0n) is 11.9. The number of anilines is 1. The Kier molecular flexibility index (Phi) is 4.53. The minimum atomic E-state index is -0.202. The molecule has 1 N–H and O–H groups in total. The summed E-state index contributed by atoms with van der Waals surface area (Å²) in [5.74, 6) is 0.955. The molecule has 104 valence electrons. The Bertz CT molecular complexity index is 407. The van der Waals surface area contributed by atoms with E-state index in [2.05, 4.69) is 17.2 Å². The first kappa shape index (κ1) is 14.0. The molecule has 1 amide bonds. The van der Waals surface area contributed by atoms with E-state index in [9.17, 15) is 4.79 Å². The molecule has 0 aliphatic carbocycles. The average molecular weight is 261 g/mol. The lowest BCUT2D eigenvalue weighted by Crippen LogP contribution is -2.48. The van der Waals surface area contributed by atoms with Crippen LogP contribution in [0.5, 0.6) is 0 Å². The van der Waals surface area contributed by atoms with Crippen molar-refractivity contribution < 1.29 is 4.79 Å². The van der Waals surface area contributed by atoms with Crippen LogP contribution in [-0.2, 0) is 4.79 Å². The van der Waals surface area contributed by atoms with Gasteiger partial charge in [0.2, 0.25) is 5.91 Å². The molecule has 1 aliphatic heterocycles. The van der Waals surface area contributed by atoms with Crippen molar-refractivity contribution in [3.63, 3.8) is 0 Å². The molecular formula is C15H23N3O. The van der Waals surface area contributed by atoms with Crippen molar-refractivity contribution in [1.29, 1.82) is 0 Å². The van der Waals surface area contributed by atoms with Crippen molar-refractivity contribution in [3.8, 4) is 0 Å². The van der Waals surface area contributed by atoms with E-state index in [0.717, 1.165) is 44.6 Å². The number of piperidine rings is 1. The summed E-state index contributed by atoms with van der Waals surface area (Å²) in [5.41, 5.74) is -0.202. The highest BCUT2D eigenvalue weighted by atomic mass is 16.2. The normalized spacial score (nSPS) is 18.0. The molecule has 2 rings (SSSR count).